The molecule has 1 saturated carbocycles. The molecule has 1 amide bonds. The summed E-state index contributed by atoms with van der Waals surface area (Å²) in [6, 6.07) is 0.452. The molecule has 104 valence electrons. The van der Waals surface area contributed by atoms with Crippen molar-refractivity contribution in [2.24, 2.45) is 11.7 Å². The zero-order chi connectivity index (χ0) is 13.0. The van der Waals surface area contributed by atoms with Gasteiger partial charge >= 0.3 is 0 Å². The molecule has 1 aliphatic carbocycles. The highest BCUT2D eigenvalue weighted by Crippen LogP contribution is 2.29. The number of nitrogens with two attached hydrogens (primary N) is 1. The van der Waals surface area contributed by atoms with Crippen molar-refractivity contribution in [2.75, 3.05) is 33.4 Å². The van der Waals surface area contributed by atoms with Gasteiger partial charge in [0, 0.05) is 38.8 Å². The van der Waals surface area contributed by atoms with E-state index in [1.807, 2.05) is 4.90 Å². The summed E-state index contributed by atoms with van der Waals surface area (Å²) < 4.78 is 10.6. The zero-order valence-corrected chi connectivity index (χ0v) is 11.1. The van der Waals surface area contributed by atoms with Crippen molar-refractivity contribution in [1.82, 2.24) is 4.90 Å². The van der Waals surface area contributed by atoms with Crippen LogP contribution in [0.3, 0.4) is 0 Å². The largest absolute Gasteiger partial charge is 0.381 e. The third-order valence-electron chi connectivity index (χ3n) is 3.79. The van der Waals surface area contributed by atoms with Gasteiger partial charge < -0.3 is 20.1 Å². The Balaban J connectivity index is 1.85. The summed E-state index contributed by atoms with van der Waals surface area (Å²) in [6.45, 7) is 2.86. The van der Waals surface area contributed by atoms with Gasteiger partial charge in [0.15, 0.2) is 0 Å². The summed E-state index contributed by atoms with van der Waals surface area (Å²) in [6.07, 6.45) is 3.59. The van der Waals surface area contributed by atoms with Crippen LogP contribution in [0, 0.1) is 5.92 Å². The lowest BCUT2D eigenvalue weighted by molar-refractivity contribution is -0.134. The average molecular weight is 256 g/mol. The Morgan fingerprint density at radius 2 is 2.28 bits per heavy atom. The lowest BCUT2D eigenvalue weighted by Gasteiger charge is -2.26. The van der Waals surface area contributed by atoms with Crippen LogP contribution in [0.15, 0.2) is 0 Å². The summed E-state index contributed by atoms with van der Waals surface area (Å²) >= 11 is 0. The van der Waals surface area contributed by atoms with E-state index >= 15 is 0 Å². The standard InChI is InChI=1S/C13H24N2O3/c1-17-12(7-14)6-13(16)15(11-2-3-11)8-10-4-5-18-9-10/h10-12H,2-9,14H2,1H3. The third kappa shape index (κ3) is 3.67. The number of carbonyl (C=O) groups is 1. The second-order valence-corrected chi connectivity index (χ2v) is 5.30. The van der Waals surface area contributed by atoms with E-state index in [0.717, 1.165) is 39.0 Å². The van der Waals surface area contributed by atoms with Crippen LogP contribution < -0.4 is 5.73 Å². The SMILES string of the molecule is COC(CN)CC(=O)N(CC1CCOC1)C1CC1. The molecule has 1 aliphatic heterocycles. The number of hydrogen-bond donors (Lipinski definition) is 1. The summed E-state index contributed by atoms with van der Waals surface area (Å²) in [5, 5.41) is 0. The highest BCUT2D eigenvalue weighted by molar-refractivity contribution is 5.77. The van der Waals surface area contributed by atoms with Gasteiger partial charge in [-0.2, -0.15) is 0 Å². The van der Waals surface area contributed by atoms with Gasteiger partial charge in [0.2, 0.25) is 5.91 Å². The Labute approximate surface area is 109 Å². The maximum absolute atomic E-state index is 12.3. The minimum Gasteiger partial charge on any atom is -0.381 e. The van der Waals surface area contributed by atoms with Gasteiger partial charge in [-0.05, 0) is 19.3 Å². The van der Waals surface area contributed by atoms with Crippen molar-refractivity contribution >= 4 is 5.91 Å². The first-order valence-electron chi connectivity index (χ1n) is 6.84. The molecular weight excluding hydrogens is 232 g/mol. The highest BCUT2D eigenvalue weighted by atomic mass is 16.5. The fourth-order valence-corrected chi connectivity index (χ4v) is 2.42. The van der Waals surface area contributed by atoms with E-state index in [2.05, 4.69) is 0 Å². The molecule has 5 nitrogen and oxygen atoms in total. The number of amides is 1. The van der Waals surface area contributed by atoms with Crippen LogP contribution in [0.1, 0.15) is 25.7 Å². The Bertz CT molecular complexity index is 271. The van der Waals surface area contributed by atoms with Crippen LogP contribution in [0.25, 0.3) is 0 Å². The first-order chi connectivity index (χ1) is 8.74. The van der Waals surface area contributed by atoms with Crippen LogP contribution in [-0.2, 0) is 14.3 Å². The van der Waals surface area contributed by atoms with E-state index in [9.17, 15) is 4.79 Å². The molecule has 0 aromatic rings. The smallest absolute Gasteiger partial charge is 0.225 e. The molecule has 2 rings (SSSR count). The molecule has 5 heteroatoms. The molecule has 0 bridgehead atoms. The van der Waals surface area contributed by atoms with Crippen molar-refractivity contribution in [3.8, 4) is 0 Å². The Morgan fingerprint density at radius 1 is 1.50 bits per heavy atom. The number of nitrogens with zero attached hydrogens (tertiary/aromatic N) is 1. The maximum atomic E-state index is 12.3. The molecule has 0 aromatic heterocycles. The lowest BCUT2D eigenvalue weighted by atomic mass is 10.1. The quantitative estimate of drug-likeness (QED) is 0.715. The number of rotatable bonds is 7. The van der Waals surface area contributed by atoms with E-state index in [1.165, 1.54) is 0 Å². The summed E-state index contributed by atoms with van der Waals surface area (Å²) in [7, 11) is 1.61. The van der Waals surface area contributed by atoms with Gasteiger partial charge in [-0.25, -0.2) is 0 Å². The van der Waals surface area contributed by atoms with Crippen LogP contribution in [0.4, 0.5) is 0 Å². The summed E-state index contributed by atoms with van der Waals surface area (Å²) in [5.41, 5.74) is 5.57. The van der Waals surface area contributed by atoms with Crippen molar-refractivity contribution in [1.29, 1.82) is 0 Å². The second-order valence-electron chi connectivity index (χ2n) is 5.30. The molecule has 2 fully saturated rings. The van der Waals surface area contributed by atoms with Crippen molar-refractivity contribution in [2.45, 2.75) is 37.8 Å². The number of methoxy groups -OCH3 is 1. The van der Waals surface area contributed by atoms with Crippen LogP contribution >= 0.6 is 0 Å². The van der Waals surface area contributed by atoms with Gasteiger partial charge in [-0.3, -0.25) is 4.79 Å². The molecule has 2 atom stereocenters. The molecule has 2 N–H and O–H groups in total. The fourth-order valence-electron chi connectivity index (χ4n) is 2.42. The summed E-state index contributed by atoms with van der Waals surface area (Å²) in [5.74, 6) is 0.690. The van der Waals surface area contributed by atoms with E-state index in [-0.39, 0.29) is 12.0 Å². The summed E-state index contributed by atoms with van der Waals surface area (Å²) in [4.78, 5) is 14.3. The van der Waals surface area contributed by atoms with Crippen LogP contribution in [0.2, 0.25) is 0 Å². The molecule has 0 radical (unpaired) electrons. The van der Waals surface area contributed by atoms with E-state index in [1.54, 1.807) is 7.11 Å². The minimum atomic E-state index is -0.154. The molecule has 0 spiro atoms. The molecule has 18 heavy (non-hydrogen) atoms. The highest BCUT2D eigenvalue weighted by Gasteiger charge is 2.35. The normalized spacial score (nSPS) is 25.1. The number of hydrogen-bond acceptors (Lipinski definition) is 4. The van der Waals surface area contributed by atoms with Gasteiger partial charge in [0.25, 0.3) is 0 Å². The predicted octanol–water partition coefficient (Wildman–Crippen LogP) is 0.378. The van der Waals surface area contributed by atoms with Crippen molar-refractivity contribution in [3.63, 3.8) is 0 Å². The molecule has 2 aliphatic rings. The number of carbonyl (C=O) groups excluding carboxylic acids is 1. The Morgan fingerprint density at radius 3 is 2.78 bits per heavy atom. The molecule has 1 saturated heterocycles. The Kier molecular flexibility index (Phi) is 4.97. The topological polar surface area (TPSA) is 64.8 Å². The molecule has 1 heterocycles. The van der Waals surface area contributed by atoms with Gasteiger partial charge in [0.05, 0.1) is 19.1 Å². The first-order valence-corrected chi connectivity index (χ1v) is 6.84. The maximum Gasteiger partial charge on any atom is 0.225 e. The second kappa shape index (κ2) is 6.50. The zero-order valence-electron chi connectivity index (χ0n) is 11.1. The van der Waals surface area contributed by atoms with Gasteiger partial charge in [-0.15, -0.1) is 0 Å². The van der Waals surface area contributed by atoms with Crippen molar-refractivity contribution in [3.05, 3.63) is 0 Å². The molecule has 2 unspecified atom stereocenters. The van der Waals surface area contributed by atoms with E-state index < -0.39 is 0 Å². The Hall–Kier alpha value is -0.650. The average Bonchev–Trinajstić information content (AvgIpc) is 3.09. The molecule has 0 aromatic carbocycles. The first kappa shape index (κ1) is 13.8. The van der Waals surface area contributed by atoms with Crippen molar-refractivity contribution < 1.29 is 14.3 Å². The van der Waals surface area contributed by atoms with E-state index in [4.69, 9.17) is 15.2 Å². The fraction of sp³-hybridized carbons (Fsp3) is 0.923. The lowest BCUT2D eigenvalue weighted by Crippen LogP contribution is -2.40. The van der Waals surface area contributed by atoms with Gasteiger partial charge in [-0.1, -0.05) is 0 Å². The third-order valence-corrected chi connectivity index (χ3v) is 3.79. The van der Waals surface area contributed by atoms with E-state index in [0.29, 0.717) is 24.9 Å². The predicted molar refractivity (Wildman–Crippen MR) is 68.1 cm³/mol. The van der Waals surface area contributed by atoms with Crippen LogP contribution in [-0.4, -0.2) is 56.4 Å². The van der Waals surface area contributed by atoms with Gasteiger partial charge in [0.1, 0.15) is 0 Å². The van der Waals surface area contributed by atoms with Crippen LogP contribution in [0.5, 0.6) is 0 Å². The minimum absolute atomic E-state index is 0.154. The monoisotopic (exact) mass is 256 g/mol. The number of ether oxygens (including phenoxy) is 2. The molecular formula is C13H24N2O3.